The Hall–Kier alpha value is -2.61. The maximum Gasteiger partial charge on any atom is 0.226 e. The van der Waals surface area contributed by atoms with Crippen LogP contribution in [0.4, 0.5) is 0 Å². The first-order chi connectivity index (χ1) is 11.5. The number of carboxylic acid groups (broad SMARTS) is 1. The Morgan fingerprint density at radius 2 is 1.92 bits per heavy atom. The van der Waals surface area contributed by atoms with Gasteiger partial charge in [0, 0.05) is 0 Å². The molecular formula is C16H17N2O5S-. The number of rotatable bonds is 8. The fourth-order valence-corrected chi connectivity index (χ4v) is 2.85. The number of methoxy groups -OCH3 is 1. The van der Waals surface area contributed by atoms with Gasteiger partial charge in [-0.1, -0.05) is 0 Å². The van der Waals surface area contributed by atoms with Gasteiger partial charge in [0.15, 0.2) is 0 Å². The van der Waals surface area contributed by atoms with Gasteiger partial charge in [-0.15, -0.1) is 11.3 Å². The molecule has 1 aromatic heterocycles. The topological polar surface area (TPSA) is 101 Å². The summed E-state index contributed by atoms with van der Waals surface area (Å²) >= 11 is 0.958. The lowest BCUT2D eigenvalue weighted by molar-refractivity contribution is -0.254. The molecule has 0 aliphatic rings. The summed E-state index contributed by atoms with van der Waals surface area (Å²) in [6.07, 6.45) is 0.0291. The number of aromatic nitrogens is 1. The Kier molecular flexibility index (Phi) is 6.14. The van der Waals surface area contributed by atoms with E-state index in [0.29, 0.717) is 29.6 Å². The first kappa shape index (κ1) is 17.7. The lowest BCUT2D eigenvalue weighted by atomic mass is 10.3. The fourth-order valence-electron chi connectivity index (χ4n) is 1.95. The predicted molar refractivity (Wildman–Crippen MR) is 86.4 cm³/mol. The standard InChI is InChI=1S/C16H18N2O5S/c1-10-15(16(20)21)24-14(18-10)9-13(19)17-7-8-23-12-5-3-11(22-2)4-6-12/h3-6H,7-9H2,1-2H3,(H,17,19)(H,20,21)/p-1. The van der Waals surface area contributed by atoms with E-state index in [0.717, 1.165) is 17.1 Å². The number of thiazole rings is 1. The van der Waals surface area contributed by atoms with Gasteiger partial charge in [-0.25, -0.2) is 4.98 Å². The quantitative estimate of drug-likeness (QED) is 0.699. The van der Waals surface area contributed by atoms with E-state index in [9.17, 15) is 14.7 Å². The van der Waals surface area contributed by atoms with E-state index in [-0.39, 0.29) is 17.2 Å². The summed E-state index contributed by atoms with van der Waals surface area (Å²) in [7, 11) is 1.59. The van der Waals surface area contributed by atoms with E-state index in [4.69, 9.17) is 9.47 Å². The predicted octanol–water partition coefficient (Wildman–Crippen LogP) is 0.561. The second-order valence-electron chi connectivity index (χ2n) is 4.86. The van der Waals surface area contributed by atoms with Gasteiger partial charge in [-0.05, 0) is 31.2 Å². The molecule has 0 fully saturated rings. The number of carbonyl (C=O) groups is 2. The number of aromatic carboxylic acids is 1. The van der Waals surface area contributed by atoms with Crippen molar-refractivity contribution in [2.45, 2.75) is 13.3 Å². The zero-order valence-corrected chi connectivity index (χ0v) is 14.1. The lowest BCUT2D eigenvalue weighted by Crippen LogP contribution is -2.29. The number of nitrogens with one attached hydrogen (secondary N) is 1. The van der Waals surface area contributed by atoms with Crippen molar-refractivity contribution in [3.63, 3.8) is 0 Å². The van der Waals surface area contributed by atoms with Gasteiger partial charge in [0.25, 0.3) is 0 Å². The van der Waals surface area contributed by atoms with Crippen molar-refractivity contribution < 1.29 is 24.2 Å². The highest BCUT2D eigenvalue weighted by Crippen LogP contribution is 2.18. The van der Waals surface area contributed by atoms with Crippen molar-refractivity contribution in [1.82, 2.24) is 10.3 Å². The Morgan fingerprint density at radius 3 is 2.50 bits per heavy atom. The van der Waals surface area contributed by atoms with Crippen LogP contribution in [0.5, 0.6) is 11.5 Å². The Morgan fingerprint density at radius 1 is 1.25 bits per heavy atom. The van der Waals surface area contributed by atoms with Crippen LogP contribution in [0.1, 0.15) is 20.4 Å². The molecule has 2 aromatic rings. The highest BCUT2D eigenvalue weighted by Gasteiger charge is 2.11. The van der Waals surface area contributed by atoms with Gasteiger partial charge in [-0.3, -0.25) is 4.79 Å². The van der Waals surface area contributed by atoms with E-state index in [1.54, 1.807) is 38.3 Å². The molecule has 128 valence electrons. The summed E-state index contributed by atoms with van der Waals surface area (Å²) < 4.78 is 10.5. The monoisotopic (exact) mass is 349 g/mol. The Labute approximate surface area is 143 Å². The number of hydrogen-bond acceptors (Lipinski definition) is 7. The summed E-state index contributed by atoms with van der Waals surface area (Å²) in [5.41, 5.74) is 0.366. The van der Waals surface area contributed by atoms with Gasteiger partial charge in [0.2, 0.25) is 5.91 Å². The molecular weight excluding hydrogens is 332 g/mol. The van der Waals surface area contributed by atoms with Crippen molar-refractivity contribution in [3.05, 3.63) is 39.8 Å². The van der Waals surface area contributed by atoms with Crippen molar-refractivity contribution >= 4 is 23.2 Å². The molecule has 0 aliphatic heterocycles. The zero-order valence-electron chi connectivity index (χ0n) is 13.3. The summed E-state index contributed by atoms with van der Waals surface area (Å²) in [5.74, 6) is -0.0962. The lowest BCUT2D eigenvalue weighted by Gasteiger charge is -2.08. The van der Waals surface area contributed by atoms with Crippen LogP contribution in [0.25, 0.3) is 0 Å². The van der Waals surface area contributed by atoms with Gasteiger partial charge in [0.1, 0.15) is 23.1 Å². The van der Waals surface area contributed by atoms with E-state index < -0.39 is 5.97 Å². The SMILES string of the molecule is COc1ccc(OCCNC(=O)Cc2nc(C)c(C(=O)[O-])s2)cc1. The number of aryl methyl sites for hydroxylation is 1. The molecule has 0 spiro atoms. The molecule has 8 heteroatoms. The van der Waals surface area contributed by atoms with E-state index in [2.05, 4.69) is 10.3 Å². The molecule has 0 atom stereocenters. The normalized spacial score (nSPS) is 10.2. The molecule has 0 aliphatic carbocycles. The van der Waals surface area contributed by atoms with Crippen LogP contribution in [0.15, 0.2) is 24.3 Å². The van der Waals surface area contributed by atoms with Crippen LogP contribution in [-0.2, 0) is 11.2 Å². The highest BCUT2D eigenvalue weighted by atomic mass is 32.1. The van der Waals surface area contributed by atoms with Crippen molar-refractivity contribution in [2.75, 3.05) is 20.3 Å². The van der Waals surface area contributed by atoms with E-state index in [1.165, 1.54) is 0 Å². The van der Waals surface area contributed by atoms with Crippen LogP contribution in [0.3, 0.4) is 0 Å². The van der Waals surface area contributed by atoms with Crippen LogP contribution in [0, 0.1) is 6.92 Å². The van der Waals surface area contributed by atoms with Crippen LogP contribution >= 0.6 is 11.3 Å². The number of carbonyl (C=O) groups excluding carboxylic acids is 2. The summed E-state index contributed by atoms with van der Waals surface area (Å²) in [6.45, 7) is 2.23. The molecule has 0 saturated heterocycles. The number of hydrogen-bond donors (Lipinski definition) is 1. The largest absolute Gasteiger partial charge is 0.544 e. The molecule has 24 heavy (non-hydrogen) atoms. The minimum Gasteiger partial charge on any atom is -0.544 e. The Balaban J connectivity index is 1.73. The molecule has 0 unspecified atom stereocenters. The van der Waals surface area contributed by atoms with Crippen LogP contribution < -0.4 is 19.9 Å². The minimum atomic E-state index is -1.27. The fraction of sp³-hybridized carbons (Fsp3) is 0.312. The Bertz CT molecular complexity index is 712. The third kappa shape index (κ3) is 4.95. The minimum absolute atomic E-state index is 0.0291. The first-order valence-electron chi connectivity index (χ1n) is 7.21. The van der Waals surface area contributed by atoms with E-state index >= 15 is 0 Å². The van der Waals surface area contributed by atoms with Gasteiger partial charge >= 0.3 is 0 Å². The summed E-state index contributed by atoms with van der Waals surface area (Å²) in [6, 6.07) is 7.13. The molecule has 1 aromatic carbocycles. The van der Waals surface area contributed by atoms with Crippen LogP contribution in [-0.4, -0.2) is 37.1 Å². The van der Waals surface area contributed by atoms with E-state index in [1.807, 2.05) is 0 Å². The average molecular weight is 349 g/mol. The molecule has 0 saturated carbocycles. The first-order valence-corrected chi connectivity index (χ1v) is 8.02. The molecule has 1 heterocycles. The molecule has 1 N–H and O–H groups in total. The summed E-state index contributed by atoms with van der Waals surface area (Å²) in [4.78, 5) is 26.8. The number of benzene rings is 1. The van der Waals surface area contributed by atoms with Crippen molar-refractivity contribution in [2.24, 2.45) is 0 Å². The third-order valence-electron chi connectivity index (χ3n) is 3.09. The van der Waals surface area contributed by atoms with Gasteiger partial charge in [-0.2, -0.15) is 0 Å². The van der Waals surface area contributed by atoms with Crippen LogP contribution in [0.2, 0.25) is 0 Å². The third-order valence-corrected chi connectivity index (χ3v) is 4.23. The number of nitrogens with zero attached hydrogens (tertiary/aromatic N) is 1. The maximum atomic E-state index is 11.8. The molecule has 2 rings (SSSR count). The summed E-state index contributed by atoms with van der Waals surface area (Å²) in [5, 5.41) is 14.0. The number of carboxylic acids is 1. The smallest absolute Gasteiger partial charge is 0.226 e. The molecule has 0 radical (unpaired) electrons. The zero-order chi connectivity index (χ0) is 17.5. The second-order valence-corrected chi connectivity index (χ2v) is 5.94. The molecule has 1 amide bonds. The van der Waals surface area contributed by atoms with Gasteiger partial charge < -0.3 is 24.7 Å². The van der Waals surface area contributed by atoms with Crippen molar-refractivity contribution in [3.8, 4) is 11.5 Å². The van der Waals surface area contributed by atoms with Gasteiger partial charge in [0.05, 0.1) is 36.6 Å². The molecule has 0 bridgehead atoms. The maximum absolute atomic E-state index is 11.8. The van der Waals surface area contributed by atoms with Crippen molar-refractivity contribution in [1.29, 1.82) is 0 Å². The number of ether oxygens (including phenoxy) is 2. The average Bonchev–Trinajstić information content (AvgIpc) is 2.92. The molecule has 7 nitrogen and oxygen atoms in total. The highest BCUT2D eigenvalue weighted by molar-refractivity contribution is 7.13. The second kappa shape index (κ2) is 8.30. The number of amides is 1.